The predicted octanol–water partition coefficient (Wildman–Crippen LogP) is 2.96. The number of carbonyl (C=O) groups is 1. The van der Waals surface area contributed by atoms with Crippen LogP contribution in [-0.2, 0) is 20.3 Å². The average Bonchev–Trinajstić information content (AvgIpc) is 2.86. The van der Waals surface area contributed by atoms with Crippen LogP contribution in [0.25, 0.3) is 0 Å². The number of benzene rings is 1. The van der Waals surface area contributed by atoms with Gasteiger partial charge in [-0.25, -0.2) is 4.21 Å². The minimum Gasteiger partial charge on any atom is -0.469 e. The average molecular weight is 278 g/mol. The molecule has 4 heteroatoms. The second kappa shape index (κ2) is 6.15. The lowest BCUT2D eigenvalue weighted by Crippen LogP contribution is -2.12. The van der Waals surface area contributed by atoms with Crippen molar-refractivity contribution in [3.63, 3.8) is 0 Å². The zero-order valence-corrected chi connectivity index (χ0v) is 12.0. The predicted molar refractivity (Wildman–Crippen MR) is 75.0 cm³/mol. The molecule has 0 saturated carbocycles. The molecule has 1 aliphatic carbocycles. The summed E-state index contributed by atoms with van der Waals surface area (Å²) in [5.74, 6) is -0.187. The lowest BCUT2D eigenvalue weighted by atomic mass is 10.1. The number of rotatable bonds is 4. The third-order valence-corrected chi connectivity index (χ3v) is 4.98. The third kappa shape index (κ3) is 3.32. The number of hydrogen-bond donors (Lipinski definition) is 0. The summed E-state index contributed by atoms with van der Waals surface area (Å²) in [5, 5.41) is 0. The van der Waals surface area contributed by atoms with E-state index in [0.717, 1.165) is 28.2 Å². The number of aryl methyl sites for hydroxylation is 1. The molecule has 0 amide bonds. The van der Waals surface area contributed by atoms with Crippen LogP contribution >= 0.6 is 0 Å². The van der Waals surface area contributed by atoms with Crippen molar-refractivity contribution in [2.45, 2.75) is 31.1 Å². The molecule has 1 aromatic rings. The van der Waals surface area contributed by atoms with Crippen molar-refractivity contribution in [1.82, 2.24) is 0 Å². The van der Waals surface area contributed by atoms with Gasteiger partial charge in [-0.15, -0.1) is 0 Å². The standard InChI is InChI=1S/C15H18O3S/c1-11-6-8-13(9-7-11)19(17)14-5-3-4-12(14)10-15(16)18-2/h5-9,12H,3-4,10H2,1-2H3. The molecule has 0 aromatic heterocycles. The van der Waals surface area contributed by atoms with Crippen LogP contribution < -0.4 is 0 Å². The van der Waals surface area contributed by atoms with E-state index < -0.39 is 10.8 Å². The molecule has 0 spiro atoms. The van der Waals surface area contributed by atoms with Gasteiger partial charge < -0.3 is 4.74 Å². The smallest absolute Gasteiger partial charge is 0.306 e. The van der Waals surface area contributed by atoms with Crippen LogP contribution in [0.1, 0.15) is 24.8 Å². The van der Waals surface area contributed by atoms with Crippen molar-refractivity contribution < 1.29 is 13.7 Å². The SMILES string of the molecule is COC(=O)CC1CCC=C1S(=O)c1ccc(C)cc1. The minimum absolute atomic E-state index is 0.0505. The van der Waals surface area contributed by atoms with Crippen molar-refractivity contribution in [2.75, 3.05) is 7.11 Å². The molecule has 0 radical (unpaired) electrons. The lowest BCUT2D eigenvalue weighted by molar-refractivity contribution is -0.141. The maximum atomic E-state index is 12.5. The summed E-state index contributed by atoms with van der Waals surface area (Å²) in [6, 6.07) is 7.69. The Kier molecular flexibility index (Phi) is 4.53. The van der Waals surface area contributed by atoms with Crippen LogP contribution in [0.15, 0.2) is 40.1 Å². The van der Waals surface area contributed by atoms with Gasteiger partial charge in [-0.05, 0) is 31.9 Å². The molecule has 0 bridgehead atoms. The van der Waals surface area contributed by atoms with E-state index in [1.165, 1.54) is 7.11 Å². The highest BCUT2D eigenvalue weighted by Crippen LogP contribution is 2.33. The largest absolute Gasteiger partial charge is 0.469 e. The van der Waals surface area contributed by atoms with Crippen molar-refractivity contribution in [3.05, 3.63) is 40.8 Å². The van der Waals surface area contributed by atoms with Gasteiger partial charge in [-0.1, -0.05) is 23.8 Å². The maximum absolute atomic E-state index is 12.5. The molecule has 2 unspecified atom stereocenters. The number of esters is 1. The fourth-order valence-corrected chi connectivity index (χ4v) is 3.68. The van der Waals surface area contributed by atoms with Gasteiger partial charge in [0.05, 0.1) is 24.3 Å². The van der Waals surface area contributed by atoms with Crippen LogP contribution in [0.5, 0.6) is 0 Å². The topological polar surface area (TPSA) is 43.4 Å². The molecular weight excluding hydrogens is 260 g/mol. The molecule has 19 heavy (non-hydrogen) atoms. The Morgan fingerprint density at radius 3 is 2.68 bits per heavy atom. The summed E-state index contributed by atoms with van der Waals surface area (Å²) in [4.78, 5) is 13.0. The van der Waals surface area contributed by atoms with E-state index in [1.54, 1.807) is 0 Å². The van der Waals surface area contributed by atoms with Gasteiger partial charge in [0.2, 0.25) is 0 Å². The Labute approximate surface area is 116 Å². The molecule has 0 heterocycles. The molecule has 0 N–H and O–H groups in total. The second-order valence-corrected chi connectivity index (χ2v) is 6.22. The van der Waals surface area contributed by atoms with Gasteiger partial charge in [0.15, 0.2) is 0 Å². The molecule has 0 aliphatic heterocycles. The number of methoxy groups -OCH3 is 1. The van der Waals surface area contributed by atoms with Crippen LogP contribution in [0.3, 0.4) is 0 Å². The summed E-state index contributed by atoms with van der Waals surface area (Å²) in [6.45, 7) is 2.00. The zero-order chi connectivity index (χ0) is 13.8. The quantitative estimate of drug-likeness (QED) is 0.795. The van der Waals surface area contributed by atoms with Gasteiger partial charge in [0.1, 0.15) is 0 Å². The fraction of sp³-hybridized carbons (Fsp3) is 0.400. The van der Waals surface area contributed by atoms with E-state index in [9.17, 15) is 9.00 Å². The highest BCUT2D eigenvalue weighted by atomic mass is 32.2. The van der Waals surface area contributed by atoms with E-state index in [0.29, 0.717) is 6.42 Å². The van der Waals surface area contributed by atoms with Crippen LogP contribution in [-0.4, -0.2) is 17.3 Å². The summed E-state index contributed by atoms with van der Waals surface area (Å²) < 4.78 is 17.2. The maximum Gasteiger partial charge on any atom is 0.306 e. The molecule has 0 saturated heterocycles. The molecule has 102 valence electrons. The van der Waals surface area contributed by atoms with Gasteiger partial charge in [-0.2, -0.15) is 0 Å². The normalized spacial score (nSPS) is 19.9. The first-order valence-electron chi connectivity index (χ1n) is 6.37. The van der Waals surface area contributed by atoms with Crippen molar-refractivity contribution >= 4 is 16.8 Å². The zero-order valence-electron chi connectivity index (χ0n) is 11.2. The van der Waals surface area contributed by atoms with Crippen molar-refractivity contribution in [1.29, 1.82) is 0 Å². The van der Waals surface area contributed by atoms with E-state index >= 15 is 0 Å². The molecule has 0 fully saturated rings. The van der Waals surface area contributed by atoms with Gasteiger partial charge in [0.25, 0.3) is 0 Å². The molecule has 2 atom stereocenters. The number of hydrogen-bond acceptors (Lipinski definition) is 3. The Balaban J connectivity index is 2.14. The lowest BCUT2D eigenvalue weighted by Gasteiger charge is -2.13. The molecule has 1 aliphatic rings. The number of ether oxygens (including phenoxy) is 1. The summed E-state index contributed by atoms with van der Waals surface area (Å²) in [7, 11) is 0.224. The first kappa shape index (κ1) is 14.0. The Morgan fingerprint density at radius 2 is 2.05 bits per heavy atom. The van der Waals surface area contributed by atoms with E-state index in [4.69, 9.17) is 4.74 Å². The van der Waals surface area contributed by atoms with Crippen LogP contribution in [0, 0.1) is 12.8 Å². The summed E-state index contributed by atoms with van der Waals surface area (Å²) in [5.41, 5.74) is 1.15. The molecular formula is C15H18O3S. The molecule has 1 aromatic carbocycles. The Bertz CT molecular complexity index is 517. The Hall–Kier alpha value is -1.42. The highest BCUT2D eigenvalue weighted by Gasteiger charge is 2.27. The third-order valence-electron chi connectivity index (χ3n) is 3.35. The van der Waals surface area contributed by atoms with E-state index in [1.807, 2.05) is 37.3 Å². The molecule has 3 nitrogen and oxygen atoms in total. The summed E-state index contributed by atoms with van der Waals surface area (Å²) >= 11 is 0. The Morgan fingerprint density at radius 1 is 1.37 bits per heavy atom. The monoisotopic (exact) mass is 278 g/mol. The van der Waals surface area contributed by atoms with Gasteiger partial charge in [-0.3, -0.25) is 4.79 Å². The highest BCUT2D eigenvalue weighted by molar-refractivity contribution is 7.89. The van der Waals surface area contributed by atoms with Crippen LogP contribution in [0.2, 0.25) is 0 Å². The van der Waals surface area contributed by atoms with E-state index in [2.05, 4.69) is 0 Å². The minimum atomic E-state index is -1.16. The first-order valence-corrected chi connectivity index (χ1v) is 7.52. The van der Waals surface area contributed by atoms with Crippen molar-refractivity contribution in [2.24, 2.45) is 5.92 Å². The molecule has 2 rings (SSSR count). The van der Waals surface area contributed by atoms with E-state index in [-0.39, 0.29) is 11.9 Å². The number of carbonyl (C=O) groups excluding carboxylic acids is 1. The fourth-order valence-electron chi connectivity index (χ4n) is 2.25. The summed E-state index contributed by atoms with van der Waals surface area (Å²) in [6.07, 6.45) is 4.08. The van der Waals surface area contributed by atoms with Gasteiger partial charge in [0, 0.05) is 15.7 Å². The van der Waals surface area contributed by atoms with Crippen molar-refractivity contribution in [3.8, 4) is 0 Å². The van der Waals surface area contributed by atoms with Crippen LogP contribution in [0.4, 0.5) is 0 Å². The second-order valence-electron chi connectivity index (χ2n) is 4.74. The first-order chi connectivity index (χ1) is 9.11. The number of allylic oxidation sites excluding steroid dienone is 2. The van der Waals surface area contributed by atoms with Gasteiger partial charge >= 0.3 is 5.97 Å².